The van der Waals surface area contributed by atoms with Crippen LogP contribution in [0, 0.1) is 13.8 Å². The average molecular weight is 501 g/mol. The van der Waals surface area contributed by atoms with Gasteiger partial charge in [-0.1, -0.05) is 17.8 Å². The van der Waals surface area contributed by atoms with E-state index in [0.29, 0.717) is 36.9 Å². The molecule has 0 radical (unpaired) electrons. The Morgan fingerprint density at radius 1 is 1.00 bits per heavy atom. The minimum absolute atomic E-state index is 0.184. The first kappa shape index (κ1) is 24.8. The number of anilines is 1. The first-order valence-corrected chi connectivity index (χ1v) is 13.9. The third-order valence-corrected chi connectivity index (χ3v) is 9.25. The molecule has 0 atom stereocenters. The van der Waals surface area contributed by atoms with E-state index >= 15 is 0 Å². The quantitative estimate of drug-likeness (QED) is 0.484. The largest absolute Gasteiger partial charge is 0.308 e. The fraction of sp³-hybridized carbons (Fsp3) is 0.440. The van der Waals surface area contributed by atoms with Crippen LogP contribution in [0.25, 0.3) is 10.2 Å². The van der Waals surface area contributed by atoms with Gasteiger partial charge in [-0.25, -0.2) is 13.4 Å². The fourth-order valence-electron chi connectivity index (χ4n) is 4.05. The molecule has 9 heteroatoms. The third-order valence-electron chi connectivity index (χ3n) is 6.29. The Labute approximate surface area is 206 Å². The van der Waals surface area contributed by atoms with Crippen LogP contribution in [0.5, 0.6) is 0 Å². The lowest BCUT2D eigenvalue weighted by molar-refractivity contribution is 0.0985. The number of sulfonamides is 1. The topological polar surface area (TPSA) is 73.8 Å². The number of hydrogen-bond donors (Lipinski definition) is 0. The van der Waals surface area contributed by atoms with E-state index in [1.165, 1.54) is 22.5 Å². The lowest BCUT2D eigenvalue weighted by Crippen LogP contribution is -2.37. The molecule has 1 aliphatic rings. The van der Waals surface area contributed by atoms with E-state index in [0.717, 1.165) is 29.5 Å². The summed E-state index contributed by atoms with van der Waals surface area (Å²) >= 11 is 1.50. The van der Waals surface area contributed by atoms with E-state index in [1.807, 2.05) is 19.0 Å². The number of fused-ring (bicyclic) bond motifs is 1. The molecule has 7 nitrogen and oxygen atoms in total. The van der Waals surface area contributed by atoms with Gasteiger partial charge in [-0.05, 0) is 88.3 Å². The Balaban J connectivity index is 1.63. The number of piperidine rings is 1. The summed E-state index contributed by atoms with van der Waals surface area (Å²) < 4.78 is 28.5. The molecule has 0 N–H and O–H groups in total. The number of benzene rings is 2. The van der Waals surface area contributed by atoms with Gasteiger partial charge in [0.2, 0.25) is 10.0 Å². The normalized spacial score (nSPS) is 15.2. The highest BCUT2D eigenvalue weighted by Crippen LogP contribution is 2.32. The molecule has 0 aliphatic carbocycles. The van der Waals surface area contributed by atoms with Crippen molar-refractivity contribution in [3.63, 3.8) is 0 Å². The van der Waals surface area contributed by atoms with E-state index in [4.69, 9.17) is 4.98 Å². The van der Waals surface area contributed by atoms with E-state index in [9.17, 15) is 13.2 Å². The second kappa shape index (κ2) is 10.1. The zero-order valence-electron chi connectivity index (χ0n) is 20.2. The van der Waals surface area contributed by atoms with Crippen molar-refractivity contribution in [1.29, 1.82) is 0 Å². The van der Waals surface area contributed by atoms with E-state index in [2.05, 4.69) is 26.0 Å². The first-order valence-electron chi connectivity index (χ1n) is 11.6. The molecule has 0 unspecified atom stereocenters. The van der Waals surface area contributed by atoms with E-state index in [-0.39, 0.29) is 10.8 Å². The van der Waals surface area contributed by atoms with Crippen LogP contribution >= 0.6 is 11.3 Å². The van der Waals surface area contributed by atoms with Crippen LogP contribution in [0.1, 0.15) is 40.7 Å². The summed E-state index contributed by atoms with van der Waals surface area (Å²) in [4.78, 5) is 22.3. The van der Waals surface area contributed by atoms with Crippen molar-refractivity contribution in [1.82, 2.24) is 14.2 Å². The maximum absolute atomic E-state index is 13.5. The van der Waals surface area contributed by atoms with Crippen molar-refractivity contribution in [2.75, 3.05) is 45.2 Å². The predicted octanol–water partition coefficient (Wildman–Crippen LogP) is 4.30. The maximum Gasteiger partial charge on any atom is 0.260 e. The van der Waals surface area contributed by atoms with Gasteiger partial charge in [0.25, 0.3) is 5.91 Å². The average Bonchev–Trinajstić information content (AvgIpc) is 3.22. The van der Waals surface area contributed by atoms with Crippen LogP contribution in [0.3, 0.4) is 0 Å². The van der Waals surface area contributed by atoms with Gasteiger partial charge in [-0.15, -0.1) is 0 Å². The van der Waals surface area contributed by atoms with E-state index in [1.54, 1.807) is 33.5 Å². The minimum atomic E-state index is -3.53. The number of likely N-dealkylation sites (N-methyl/N-ethyl adjacent to an activating group) is 1. The molecule has 1 amide bonds. The van der Waals surface area contributed by atoms with E-state index < -0.39 is 10.0 Å². The zero-order valence-corrected chi connectivity index (χ0v) is 21.9. The van der Waals surface area contributed by atoms with Crippen molar-refractivity contribution in [3.8, 4) is 0 Å². The number of aryl methyl sites for hydroxylation is 2. The van der Waals surface area contributed by atoms with Gasteiger partial charge >= 0.3 is 0 Å². The number of aromatic nitrogens is 1. The Morgan fingerprint density at radius 3 is 2.29 bits per heavy atom. The van der Waals surface area contributed by atoms with Crippen molar-refractivity contribution in [2.45, 2.75) is 38.0 Å². The molecule has 2 heterocycles. The highest BCUT2D eigenvalue weighted by molar-refractivity contribution is 7.89. The fourth-order valence-corrected chi connectivity index (χ4v) is 6.63. The van der Waals surface area contributed by atoms with Crippen LogP contribution < -0.4 is 4.90 Å². The van der Waals surface area contributed by atoms with Gasteiger partial charge in [-0.3, -0.25) is 9.69 Å². The molecule has 0 saturated carbocycles. The molecule has 3 aromatic rings. The van der Waals surface area contributed by atoms with Crippen LogP contribution in [0.2, 0.25) is 0 Å². The van der Waals surface area contributed by atoms with Crippen molar-refractivity contribution >= 4 is 42.6 Å². The summed E-state index contributed by atoms with van der Waals surface area (Å²) in [5, 5.41) is 0.650. The number of carbonyl (C=O) groups is 1. The molecule has 34 heavy (non-hydrogen) atoms. The molecule has 0 spiro atoms. The Morgan fingerprint density at radius 2 is 1.65 bits per heavy atom. The highest BCUT2D eigenvalue weighted by atomic mass is 32.2. The second-order valence-corrected chi connectivity index (χ2v) is 12.1. The summed E-state index contributed by atoms with van der Waals surface area (Å²) in [6.07, 6.45) is 2.84. The highest BCUT2D eigenvalue weighted by Gasteiger charge is 2.27. The zero-order chi connectivity index (χ0) is 24.5. The molecular formula is C25H32N4O3S2. The Hall–Kier alpha value is -2.33. The third kappa shape index (κ3) is 5.17. The Kier molecular flexibility index (Phi) is 7.37. The molecule has 1 fully saturated rings. The van der Waals surface area contributed by atoms with Crippen LogP contribution in [-0.2, 0) is 10.0 Å². The van der Waals surface area contributed by atoms with Gasteiger partial charge in [0.15, 0.2) is 5.13 Å². The van der Waals surface area contributed by atoms with Crippen molar-refractivity contribution in [2.24, 2.45) is 0 Å². The summed E-state index contributed by atoms with van der Waals surface area (Å²) in [6, 6.07) is 10.5. The number of hydrogen-bond acceptors (Lipinski definition) is 6. The van der Waals surface area contributed by atoms with Gasteiger partial charge in [-0.2, -0.15) is 4.31 Å². The van der Waals surface area contributed by atoms with Crippen molar-refractivity contribution < 1.29 is 13.2 Å². The second-order valence-electron chi connectivity index (χ2n) is 9.15. The molecule has 2 aromatic carbocycles. The number of nitrogens with zero attached hydrogens (tertiary/aromatic N) is 4. The lowest BCUT2D eigenvalue weighted by Gasteiger charge is -2.26. The predicted molar refractivity (Wildman–Crippen MR) is 138 cm³/mol. The van der Waals surface area contributed by atoms with Gasteiger partial charge < -0.3 is 4.90 Å². The molecule has 1 saturated heterocycles. The van der Waals surface area contributed by atoms with Gasteiger partial charge in [0.1, 0.15) is 0 Å². The Bertz CT molecular complexity index is 1240. The molecule has 1 aliphatic heterocycles. The molecule has 4 rings (SSSR count). The monoisotopic (exact) mass is 500 g/mol. The number of carbonyl (C=O) groups excluding carboxylic acids is 1. The molecular weight excluding hydrogens is 468 g/mol. The smallest absolute Gasteiger partial charge is 0.260 e. The van der Waals surface area contributed by atoms with Gasteiger partial charge in [0, 0.05) is 31.7 Å². The number of amides is 1. The van der Waals surface area contributed by atoms with Gasteiger partial charge in [0.05, 0.1) is 15.1 Å². The van der Waals surface area contributed by atoms with Crippen LogP contribution in [0.15, 0.2) is 41.3 Å². The number of rotatable bonds is 7. The number of thiazole rings is 1. The maximum atomic E-state index is 13.5. The van der Waals surface area contributed by atoms with Crippen LogP contribution in [-0.4, -0.2) is 68.8 Å². The standard InChI is InChI=1S/C25H32N4O3S2/c1-18-16-22-23(17-19(18)2)33-25(26-22)29(15-14-27(3)4)24(30)20-8-10-21(11-9-20)34(31,32)28-12-6-5-7-13-28/h8-11,16-17H,5-7,12-15H2,1-4H3. The summed E-state index contributed by atoms with van der Waals surface area (Å²) in [5.41, 5.74) is 3.69. The first-order chi connectivity index (χ1) is 16.2. The molecule has 182 valence electrons. The molecule has 1 aromatic heterocycles. The minimum Gasteiger partial charge on any atom is -0.308 e. The molecule has 0 bridgehead atoms. The van der Waals surface area contributed by atoms with Crippen molar-refractivity contribution in [3.05, 3.63) is 53.1 Å². The SMILES string of the molecule is Cc1cc2nc(N(CCN(C)C)C(=O)c3ccc(S(=O)(=O)N4CCCCC4)cc3)sc2cc1C. The summed E-state index contributed by atoms with van der Waals surface area (Å²) in [6.45, 7) is 6.40. The van der Waals surface area contributed by atoms with Crippen LogP contribution in [0.4, 0.5) is 5.13 Å². The lowest BCUT2D eigenvalue weighted by atomic mass is 10.1. The summed E-state index contributed by atoms with van der Waals surface area (Å²) in [7, 11) is 0.400. The summed E-state index contributed by atoms with van der Waals surface area (Å²) in [5.74, 6) is -0.184.